The van der Waals surface area contributed by atoms with E-state index in [4.69, 9.17) is 11.6 Å². The van der Waals surface area contributed by atoms with E-state index in [2.05, 4.69) is 20.8 Å². The van der Waals surface area contributed by atoms with Gasteiger partial charge in [-0.25, -0.2) is 4.39 Å². The fourth-order valence-corrected chi connectivity index (χ4v) is 4.37. The van der Waals surface area contributed by atoms with Crippen LogP contribution in [0.1, 0.15) is 45.4 Å². The number of amides is 2. The molecule has 2 N–H and O–H groups in total. The molecule has 1 saturated heterocycles. The van der Waals surface area contributed by atoms with Gasteiger partial charge in [0.15, 0.2) is 5.17 Å². The van der Waals surface area contributed by atoms with E-state index in [1.807, 2.05) is 6.92 Å². The van der Waals surface area contributed by atoms with Crippen LogP contribution in [-0.2, 0) is 9.59 Å². The molecule has 3 rings (SSSR count). The van der Waals surface area contributed by atoms with Crippen molar-refractivity contribution in [2.24, 2.45) is 16.1 Å². The number of hydrogen-bond acceptors (Lipinski definition) is 5. The Labute approximate surface area is 172 Å². The molecule has 150 valence electrons. The van der Waals surface area contributed by atoms with Crippen LogP contribution in [0.25, 0.3) is 0 Å². The lowest BCUT2D eigenvalue weighted by Gasteiger charge is -2.20. The smallest absolute Gasteiger partial charge is 0.240 e. The Morgan fingerprint density at radius 1 is 1.36 bits per heavy atom. The fraction of sp³-hybridized carbons (Fsp3) is 0.474. The zero-order valence-corrected chi connectivity index (χ0v) is 17.1. The van der Waals surface area contributed by atoms with Crippen molar-refractivity contribution in [1.82, 2.24) is 5.32 Å². The van der Waals surface area contributed by atoms with Gasteiger partial charge >= 0.3 is 0 Å². The maximum Gasteiger partial charge on any atom is 0.240 e. The van der Waals surface area contributed by atoms with Crippen LogP contribution >= 0.6 is 23.4 Å². The van der Waals surface area contributed by atoms with Crippen LogP contribution in [-0.4, -0.2) is 27.9 Å². The second-order valence-electron chi connectivity index (χ2n) is 6.96. The van der Waals surface area contributed by atoms with Crippen molar-refractivity contribution in [3.05, 3.63) is 29.0 Å². The summed E-state index contributed by atoms with van der Waals surface area (Å²) in [5, 5.41) is 13.5. The molecule has 1 saturated carbocycles. The molecule has 0 unspecified atom stereocenters. The topological polar surface area (TPSA) is 82.9 Å². The maximum atomic E-state index is 13.2. The number of amidine groups is 1. The van der Waals surface area contributed by atoms with E-state index in [1.165, 1.54) is 49.2 Å². The van der Waals surface area contributed by atoms with Gasteiger partial charge in [-0.1, -0.05) is 42.6 Å². The van der Waals surface area contributed by atoms with Gasteiger partial charge in [0.05, 0.1) is 5.02 Å². The molecule has 1 atom stereocenters. The summed E-state index contributed by atoms with van der Waals surface area (Å²) in [5.41, 5.74) is 1.36. The third kappa shape index (κ3) is 5.54. The van der Waals surface area contributed by atoms with Gasteiger partial charge in [0.25, 0.3) is 0 Å². The van der Waals surface area contributed by atoms with Gasteiger partial charge in [-0.2, -0.15) is 5.10 Å². The highest BCUT2D eigenvalue weighted by Crippen LogP contribution is 2.26. The fourth-order valence-electron chi connectivity index (χ4n) is 3.27. The summed E-state index contributed by atoms with van der Waals surface area (Å²) in [6, 6.07) is 3.91. The minimum Gasteiger partial charge on any atom is -0.326 e. The molecule has 1 aliphatic carbocycles. The Morgan fingerprint density at radius 2 is 2.11 bits per heavy atom. The van der Waals surface area contributed by atoms with Crippen LogP contribution < -0.4 is 10.6 Å². The lowest BCUT2D eigenvalue weighted by Crippen LogP contribution is -2.28. The third-order valence-corrected chi connectivity index (χ3v) is 6.21. The standard InChI is InChI=1S/C19H22ClFN4O2S/c1-11(12-5-3-2-4-6-12)24-25-19-23-18(27)16(28-19)10-17(26)22-13-7-8-15(21)14(20)9-13/h7-9,12,16H,2-6,10H2,1H3,(H,22,26)(H,23,25,27)/t16-/m1/s1. The average molecular weight is 425 g/mol. The summed E-state index contributed by atoms with van der Waals surface area (Å²) in [4.78, 5) is 24.3. The molecule has 0 radical (unpaired) electrons. The molecule has 2 aliphatic rings. The SMILES string of the molecule is CC(=NN=C1NC(=O)[C@@H](CC(=O)Nc2ccc(F)c(Cl)c2)S1)C1CCCCC1. The second kappa shape index (κ2) is 9.52. The maximum absolute atomic E-state index is 13.2. The summed E-state index contributed by atoms with van der Waals surface area (Å²) < 4.78 is 13.2. The van der Waals surface area contributed by atoms with Crippen molar-refractivity contribution in [1.29, 1.82) is 0 Å². The first-order valence-electron chi connectivity index (χ1n) is 9.27. The minimum absolute atomic E-state index is 0.0319. The van der Waals surface area contributed by atoms with E-state index in [0.29, 0.717) is 16.8 Å². The van der Waals surface area contributed by atoms with Gasteiger partial charge in [0.1, 0.15) is 11.1 Å². The molecule has 0 spiro atoms. The first-order chi connectivity index (χ1) is 13.4. The lowest BCUT2D eigenvalue weighted by atomic mass is 9.86. The van der Waals surface area contributed by atoms with Crippen molar-refractivity contribution in [2.75, 3.05) is 5.32 Å². The van der Waals surface area contributed by atoms with Crippen LogP contribution in [0.4, 0.5) is 10.1 Å². The normalized spacial score (nSPS) is 22.4. The number of anilines is 1. The van der Waals surface area contributed by atoms with Gasteiger partial charge in [-0.15, -0.1) is 5.10 Å². The van der Waals surface area contributed by atoms with Gasteiger partial charge in [-0.05, 0) is 43.9 Å². The van der Waals surface area contributed by atoms with Crippen LogP contribution in [0, 0.1) is 11.7 Å². The molecule has 1 aromatic carbocycles. The number of benzene rings is 1. The average Bonchev–Trinajstić information content (AvgIpc) is 3.02. The van der Waals surface area contributed by atoms with Crippen LogP contribution in [0.3, 0.4) is 0 Å². The summed E-state index contributed by atoms with van der Waals surface area (Å²) >= 11 is 6.89. The number of halogens is 2. The number of rotatable bonds is 5. The highest BCUT2D eigenvalue weighted by molar-refractivity contribution is 8.15. The van der Waals surface area contributed by atoms with Crippen LogP contribution in [0.15, 0.2) is 28.4 Å². The molecule has 1 aromatic rings. The van der Waals surface area contributed by atoms with Crippen molar-refractivity contribution in [2.45, 2.75) is 50.7 Å². The molecule has 9 heteroatoms. The summed E-state index contributed by atoms with van der Waals surface area (Å²) in [5.74, 6) is -0.736. The molecule has 0 bridgehead atoms. The summed E-state index contributed by atoms with van der Waals surface area (Å²) in [6.45, 7) is 1.97. The Morgan fingerprint density at radius 3 is 2.82 bits per heavy atom. The van der Waals surface area contributed by atoms with Crippen LogP contribution in [0.2, 0.25) is 5.02 Å². The van der Waals surface area contributed by atoms with E-state index in [-0.39, 0.29) is 23.3 Å². The molecule has 6 nitrogen and oxygen atoms in total. The molecule has 2 amide bonds. The van der Waals surface area contributed by atoms with E-state index >= 15 is 0 Å². The third-order valence-electron chi connectivity index (χ3n) is 4.85. The number of nitrogens with one attached hydrogen (secondary N) is 2. The number of carbonyl (C=O) groups is 2. The highest BCUT2D eigenvalue weighted by atomic mass is 35.5. The highest BCUT2D eigenvalue weighted by Gasteiger charge is 2.32. The molecular formula is C19H22ClFN4O2S. The Hall–Kier alpha value is -1.93. The first kappa shape index (κ1) is 20.8. The number of thioether (sulfide) groups is 1. The summed E-state index contributed by atoms with van der Waals surface area (Å²) in [7, 11) is 0. The molecule has 0 aromatic heterocycles. The predicted octanol–water partition coefficient (Wildman–Crippen LogP) is 4.35. The predicted molar refractivity (Wildman–Crippen MR) is 111 cm³/mol. The lowest BCUT2D eigenvalue weighted by molar-refractivity contribution is -0.122. The molecular weight excluding hydrogens is 403 g/mol. The van der Waals surface area contributed by atoms with Crippen molar-refractivity contribution < 1.29 is 14.0 Å². The van der Waals surface area contributed by atoms with Crippen LogP contribution in [0.5, 0.6) is 0 Å². The van der Waals surface area contributed by atoms with E-state index in [1.54, 1.807) is 0 Å². The Bertz CT molecular complexity index is 824. The zero-order chi connectivity index (χ0) is 20.1. The Kier molecular flexibility index (Phi) is 7.07. The zero-order valence-electron chi connectivity index (χ0n) is 15.5. The largest absolute Gasteiger partial charge is 0.326 e. The number of hydrogen-bond donors (Lipinski definition) is 2. The quantitative estimate of drug-likeness (QED) is 0.544. The van der Waals surface area contributed by atoms with Crippen molar-refractivity contribution in [3.63, 3.8) is 0 Å². The Balaban J connectivity index is 1.54. The monoisotopic (exact) mass is 424 g/mol. The van der Waals surface area contributed by atoms with Crippen molar-refractivity contribution >= 4 is 51.7 Å². The van der Waals surface area contributed by atoms with E-state index in [9.17, 15) is 14.0 Å². The minimum atomic E-state index is -0.583. The second-order valence-corrected chi connectivity index (χ2v) is 8.56. The first-order valence-corrected chi connectivity index (χ1v) is 10.5. The molecule has 2 fully saturated rings. The van der Waals surface area contributed by atoms with Gasteiger partial charge in [0.2, 0.25) is 11.8 Å². The van der Waals surface area contributed by atoms with E-state index in [0.717, 1.165) is 18.6 Å². The van der Waals surface area contributed by atoms with Gasteiger partial charge in [-0.3, -0.25) is 9.59 Å². The number of carbonyl (C=O) groups excluding carboxylic acids is 2. The van der Waals surface area contributed by atoms with E-state index < -0.39 is 11.1 Å². The van der Waals surface area contributed by atoms with Gasteiger partial charge in [0, 0.05) is 17.8 Å². The molecule has 28 heavy (non-hydrogen) atoms. The van der Waals surface area contributed by atoms with Gasteiger partial charge < -0.3 is 10.6 Å². The van der Waals surface area contributed by atoms with Crippen molar-refractivity contribution in [3.8, 4) is 0 Å². The summed E-state index contributed by atoms with van der Waals surface area (Å²) in [6.07, 6.45) is 5.95. The number of nitrogens with zero attached hydrogens (tertiary/aromatic N) is 2. The molecule has 1 heterocycles. The molecule has 1 aliphatic heterocycles.